The number of urea groups is 1. The van der Waals surface area contributed by atoms with Gasteiger partial charge < -0.3 is 10.6 Å². The van der Waals surface area contributed by atoms with Gasteiger partial charge in [-0.3, -0.25) is 0 Å². The molecule has 1 aromatic carbocycles. The third kappa shape index (κ3) is 3.99. The van der Waals surface area contributed by atoms with E-state index in [1.807, 2.05) is 13.0 Å². The lowest BCUT2D eigenvalue weighted by atomic mass is 9.86. The van der Waals surface area contributed by atoms with E-state index in [1.165, 1.54) is 24.8 Å². The Morgan fingerprint density at radius 2 is 1.95 bits per heavy atom. The van der Waals surface area contributed by atoms with Crippen LogP contribution in [0.15, 0.2) is 18.2 Å². The first kappa shape index (κ1) is 15.9. The molecule has 0 heterocycles. The van der Waals surface area contributed by atoms with Crippen LogP contribution in [0.2, 0.25) is 0 Å². The van der Waals surface area contributed by atoms with E-state index in [4.69, 9.17) is 0 Å². The predicted molar refractivity (Wildman–Crippen MR) is 88.8 cm³/mol. The molecule has 0 bridgehead atoms. The minimum absolute atomic E-state index is 0.0649. The number of nitrogens with one attached hydrogen (secondary N) is 2. The Kier molecular flexibility index (Phi) is 5.27. The summed E-state index contributed by atoms with van der Waals surface area (Å²) < 4.78 is 0. The normalized spacial score (nSPS) is 22.1. The summed E-state index contributed by atoms with van der Waals surface area (Å²) in [5.74, 6) is 0.972. The Balaban J connectivity index is 2.06. The second-order valence-electron chi connectivity index (χ2n) is 6.66. The highest BCUT2D eigenvalue weighted by atomic mass is 16.2. The van der Waals surface area contributed by atoms with Gasteiger partial charge in [-0.2, -0.15) is 0 Å². The average Bonchev–Trinajstić information content (AvgIpc) is 2.43. The van der Waals surface area contributed by atoms with E-state index in [2.05, 4.69) is 43.5 Å². The minimum Gasteiger partial charge on any atom is -0.335 e. The summed E-state index contributed by atoms with van der Waals surface area (Å²) in [5, 5.41) is 6.24. The molecular weight excluding hydrogens is 260 g/mol. The number of carbonyl (C=O) groups excluding carboxylic acids is 1. The summed E-state index contributed by atoms with van der Waals surface area (Å²) in [7, 11) is 0. The van der Waals surface area contributed by atoms with E-state index >= 15 is 0 Å². The average molecular weight is 288 g/mol. The Hall–Kier alpha value is -1.51. The molecule has 1 aliphatic rings. The SMILES string of the molecule is Cc1cccc(C(C)C)c1NC(=O)N[C@@H]1CCCC[C@@H]1C. The number of amides is 2. The van der Waals surface area contributed by atoms with Gasteiger partial charge in [0.05, 0.1) is 0 Å². The fourth-order valence-corrected chi connectivity index (χ4v) is 3.19. The highest BCUT2D eigenvalue weighted by Gasteiger charge is 2.23. The van der Waals surface area contributed by atoms with Crippen molar-refractivity contribution in [3.8, 4) is 0 Å². The molecule has 0 aliphatic heterocycles. The van der Waals surface area contributed by atoms with Gasteiger partial charge in [-0.05, 0) is 42.7 Å². The minimum atomic E-state index is -0.0649. The van der Waals surface area contributed by atoms with Crippen LogP contribution in [0.25, 0.3) is 0 Å². The lowest BCUT2D eigenvalue weighted by molar-refractivity contribution is 0.232. The molecule has 2 atom stereocenters. The smallest absolute Gasteiger partial charge is 0.319 e. The number of anilines is 1. The van der Waals surface area contributed by atoms with Gasteiger partial charge in [-0.1, -0.05) is 51.8 Å². The Morgan fingerprint density at radius 3 is 2.62 bits per heavy atom. The van der Waals surface area contributed by atoms with Crippen LogP contribution < -0.4 is 10.6 Å². The first-order chi connectivity index (χ1) is 9.99. The topological polar surface area (TPSA) is 41.1 Å². The molecule has 0 aromatic heterocycles. The molecule has 2 rings (SSSR count). The molecule has 1 saturated carbocycles. The van der Waals surface area contributed by atoms with E-state index < -0.39 is 0 Å². The largest absolute Gasteiger partial charge is 0.335 e. The number of hydrogen-bond acceptors (Lipinski definition) is 1. The van der Waals surface area contributed by atoms with Crippen LogP contribution in [0.1, 0.15) is 63.5 Å². The summed E-state index contributed by atoms with van der Waals surface area (Å²) in [6, 6.07) is 6.44. The van der Waals surface area contributed by atoms with Crippen LogP contribution in [0.5, 0.6) is 0 Å². The van der Waals surface area contributed by atoms with E-state index in [-0.39, 0.29) is 6.03 Å². The van der Waals surface area contributed by atoms with Gasteiger partial charge in [-0.15, -0.1) is 0 Å². The Bertz CT molecular complexity index is 496. The van der Waals surface area contributed by atoms with Gasteiger partial charge in [0.15, 0.2) is 0 Å². The molecular formula is C18H28N2O. The van der Waals surface area contributed by atoms with E-state index in [0.29, 0.717) is 17.9 Å². The van der Waals surface area contributed by atoms with Gasteiger partial charge in [0.25, 0.3) is 0 Å². The lowest BCUT2D eigenvalue weighted by Gasteiger charge is -2.29. The molecule has 116 valence electrons. The maximum absolute atomic E-state index is 12.3. The molecule has 0 unspecified atom stereocenters. The molecule has 21 heavy (non-hydrogen) atoms. The molecule has 0 saturated heterocycles. The van der Waals surface area contributed by atoms with Crippen LogP contribution in [0, 0.1) is 12.8 Å². The maximum Gasteiger partial charge on any atom is 0.319 e. The van der Waals surface area contributed by atoms with Crippen molar-refractivity contribution in [1.82, 2.24) is 5.32 Å². The molecule has 1 aliphatic carbocycles. The summed E-state index contributed by atoms with van der Waals surface area (Å²) >= 11 is 0. The number of carbonyl (C=O) groups is 1. The van der Waals surface area contributed by atoms with Crippen molar-refractivity contribution in [2.24, 2.45) is 5.92 Å². The predicted octanol–water partition coefficient (Wildman–Crippen LogP) is 4.82. The van der Waals surface area contributed by atoms with Crippen molar-refractivity contribution < 1.29 is 4.79 Å². The van der Waals surface area contributed by atoms with Gasteiger partial charge in [0.2, 0.25) is 0 Å². The highest BCUT2D eigenvalue weighted by Crippen LogP contribution is 2.28. The van der Waals surface area contributed by atoms with Crippen molar-refractivity contribution in [2.75, 3.05) is 5.32 Å². The summed E-state index contributed by atoms with van der Waals surface area (Å²) in [4.78, 5) is 12.3. The van der Waals surface area contributed by atoms with Crippen LogP contribution in [-0.4, -0.2) is 12.1 Å². The second-order valence-corrected chi connectivity index (χ2v) is 6.66. The van der Waals surface area contributed by atoms with Gasteiger partial charge in [0.1, 0.15) is 0 Å². The standard InChI is InChI=1S/C18H28N2O/c1-12(2)15-10-7-9-14(4)17(15)20-18(21)19-16-11-6-5-8-13(16)3/h7,9-10,12-13,16H,5-6,8,11H2,1-4H3,(H2,19,20,21)/t13-,16+/m0/s1. The number of rotatable bonds is 3. The van der Waals surface area contributed by atoms with Crippen LogP contribution in [0.3, 0.4) is 0 Å². The molecule has 3 nitrogen and oxygen atoms in total. The second kappa shape index (κ2) is 6.97. The quantitative estimate of drug-likeness (QED) is 0.822. The molecule has 3 heteroatoms. The molecule has 1 fully saturated rings. The fourth-order valence-electron chi connectivity index (χ4n) is 3.19. The van der Waals surface area contributed by atoms with Crippen molar-refractivity contribution in [1.29, 1.82) is 0 Å². The zero-order valence-electron chi connectivity index (χ0n) is 13.7. The fraction of sp³-hybridized carbons (Fsp3) is 0.611. The van der Waals surface area contributed by atoms with Gasteiger partial charge in [0, 0.05) is 11.7 Å². The van der Waals surface area contributed by atoms with Gasteiger partial charge >= 0.3 is 6.03 Å². The molecule has 1 aromatic rings. The van der Waals surface area contributed by atoms with E-state index in [9.17, 15) is 4.79 Å². The summed E-state index contributed by atoms with van der Waals surface area (Å²) in [6.45, 7) is 8.59. The molecule has 2 N–H and O–H groups in total. The van der Waals surface area contributed by atoms with Crippen molar-refractivity contribution in [2.45, 2.75) is 65.3 Å². The zero-order chi connectivity index (χ0) is 15.4. The van der Waals surface area contributed by atoms with Crippen molar-refractivity contribution >= 4 is 11.7 Å². The monoisotopic (exact) mass is 288 g/mol. The zero-order valence-corrected chi connectivity index (χ0v) is 13.7. The number of hydrogen-bond donors (Lipinski definition) is 2. The van der Waals surface area contributed by atoms with Crippen LogP contribution >= 0.6 is 0 Å². The van der Waals surface area contributed by atoms with E-state index in [0.717, 1.165) is 17.7 Å². The van der Waals surface area contributed by atoms with Crippen molar-refractivity contribution in [3.05, 3.63) is 29.3 Å². The number of benzene rings is 1. The molecule has 0 spiro atoms. The lowest BCUT2D eigenvalue weighted by Crippen LogP contribution is -2.43. The summed E-state index contributed by atoms with van der Waals surface area (Å²) in [5.41, 5.74) is 3.28. The number of para-hydroxylation sites is 1. The molecule has 0 radical (unpaired) electrons. The van der Waals surface area contributed by atoms with Crippen molar-refractivity contribution in [3.63, 3.8) is 0 Å². The third-order valence-corrected chi connectivity index (χ3v) is 4.59. The van der Waals surface area contributed by atoms with E-state index in [1.54, 1.807) is 0 Å². The van der Waals surface area contributed by atoms with Crippen LogP contribution in [-0.2, 0) is 0 Å². The highest BCUT2D eigenvalue weighted by molar-refractivity contribution is 5.91. The van der Waals surface area contributed by atoms with Gasteiger partial charge in [-0.25, -0.2) is 4.79 Å². The first-order valence-electron chi connectivity index (χ1n) is 8.16. The van der Waals surface area contributed by atoms with Crippen LogP contribution in [0.4, 0.5) is 10.5 Å². The number of aryl methyl sites for hydroxylation is 1. The first-order valence-corrected chi connectivity index (χ1v) is 8.16. The summed E-state index contributed by atoms with van der Waals surface area (Å²) in [6.07, 6.45) is 4.82. The third-order valence-electron chi connectivity index (χ3n) is 4.59. The maximum atomic E-state index is 12.3. The Morgan fingerprint density at radius 1 is 1.24 bits per heavy atom. The molecule has 2 amide bonds. The Labute approximate surface area is 128 Å².